The van der Waals surface area contributed by atoms with E-state index in [1.165, 1.54) is 24.8 Å². The van der Waals surface area contributed by atoms with Crippen LogP contribution in [-0.4, -0.2) is 18.3 Å². The zero-order valence-electron chi connectivity index (χ0n) is 9.20. The number of benzene rings is 1. The first-order chi connectivity index (χ1) is 7.27. The molecule has 0 aliphatic heterocycles. The second-order valence-corrected chi connectivity index (χ2v) is 4.32. The SMILES string of the molecule is CCOCC1(c2cccc(O)c2)CCC1. The maximum Gasteiger partial charge on any atom is 0.115 e. The average Bonchev–Trinajstić information content (AvgIpc) is 2.16. The Morgan fingerprint density at radius 2 is 2.20 bits per heavy atom. The molecule has 82 valence electrons. The van der Waals surface area contributed by atoms with Gasteiger partial charge in [-0.25, -0.2) is 0 Å². The summed E-state index contributed by atoms with van der Waals surface area (Å²) in [6.07, 6.45) is 3.62. The van der Waals surface area contributed by atoms with Crippen LogP contribution in [0.1, 0.15) is 31.7 Å². The van der Waals surface area contributed by atoms with Crippen LogP contribution in [0.5, 0.6) is 5.75 Å². The summed E-state index contributed by atoms with van der Waals surface area (Å²) in [6, 6.07) is 7.60. The number of rotatable bonds is 4. The largest absolute Gasteiger partial charge is 0.508 e. The molecule has 1 fully saturated rings. The van der Waals surface area contributed by atoms with Gasteiger partial charge in [0.25, 0.3) is 0 Å². The molecule has 2 nitrogen and oxygen atoms in total. The molecule has 1 saturated carbocycles. The van der Waals surface area contributed by atoms with E-state index in [1.807, 2.05) is 19.1 Å². The van der Waals surface area contributed by atoms with E-state index in [4.69, 9.17) is 4.74 Å². The molecule has 0 unspecified atom stereocenters. The van der Waals surface area contributed by atoms with E-state index in [2.05, 4.69) is 6.07 Å². The van der Waals surface area contributed by atoms with Crippen molar-refractivity contribution >= 4 is 0 Å². The van der Waals surface area contributed by atoms with Crippen molar-refractivity contribution in [3.63, 3.8) is 0 Å². The van der Waals surface area contributed by atoms with Gasteiger partial charge in [-0.2, -0.15) is 0 Å². The predicted octanol–water partition coefficient (Wildman–Crippen LogP) is 2.85. The molecular weight excluding hydrogens is 188 g/mol. The van der Waals surface area contributed by atoms with Crippen LogP contribution < -0.4 is 0 Å². The molecule has 1 aromatic carbocycles. The zero-order valence-corrected chi connectivity index (χ0v) is 9.20. The fraction of sp³-hybridized carbons (Fsp3) is 0.538. The summed E-state index contributed by atoms with van der Waals surface area (Å²) >= 11 is 0. The van der Waals surface area contributed by atoms with Crippen molar-refractivity contribution in [1.82, 2.24) is 0 Å². The second kappa shape index (κ2) is 4.23. The molecule has 1 aromatic rings. The van der Waals surface area contributed by atoms with Crippen molar-refractivity contribution in [3.05, 3.63) is 29.8 Å². The third-order valence-corrected chi connectivity index (χ3v) is 3.35. The van der Waals surface area contributed by atoms with Gasteiger partial charge in [0.05, 0.1) is 6.61 Å². The highest BCUT2D eigenvalue weighted by atomic mass is 16.5. The van der Waals surface area contributed by atoms with Crippen LogP contribution in [0.25, 0.3) is 0 Å². The van der Waals surface area contributed by atoms with Gasteiger partial charge in [0.1, 0.15) is 5.75 Å². The smallest absolute Gasteiger partial charge is 0.115 e. The Morgan fingerprint density at radius 1 is 1.40 bits per heavy atom. The van der Waals surface area contributed by atoms with Crippen molar-refractivity contribution in [2.24, 2.45) is 0 Å². The van der Waals surface area contributed by atoms with Gasteiger partial charge in [0.15, 0.2) is 0 Å². The molecule has 0 atom stereocenters. The third-order valence-electron chi connectivity index (χ3n) is 3.35. The fourth-order valence-electron chi connectivity index (χ4n) is 2.25. The number of aromatic hydroxyl groups is 1. The molecule has 0 spiro atoms. The molecule has 0 saturated heterocycles. The first kappa shape index (κ1) is 10.5. The van der Waals surface area contributed by atoms with Crippen LogP contribution >= 0.6 is 0 Å². The highest BCUT2D eigenvalue weighted by Gasteiger charge is 2.38. The Hall–Kier alpha value is -1.02. The third kappa shape index (κ3) is 2.00. The number of ether oxygens (including phenoxy) is 1. The Morgan fingerprint density at radius 3 is 2.73 bits per heavy atom. The van der Waals surface area contributed by atoms with Crippen LogP contribution in [0.15, 0.2) is 24.3 Å². The van der Waals surface area contributed by atoms with E-state index < -0.39 is 0 Å². The van der Waals surface area contributed by atoms with Gasteiger partial charge < -0.3 is 9.84 Å². The lowest BCUT2D eigenvalue weighted by molar-refractivity contribution is 0.0521. The lowest BCUT2D eigenvalue weighted by Gasteiger charge is -2.42. The minimum absolute atomic E-state index is 0.175. The zero-order chi connectivity index (χ0) is 10.7. The van der Waals surface area contributed by atoms with Gasteiger partial charge in [-0.1, -0.05) is 18.6 Å². The fourth-order valence-corrected chi connectivity index (χ4v) is 2.25. The molecular formula is C13H18O2. The molecule has 0 heterocycles. The summed E-state index contributed by atoms with van der Waals surface area (Å²) < 4.78 is 5.55. The summed E-state index contributed by atoms with van der Waals surface area (Å²) in [5, 5.41) is 9.48. The highest BCUT2D eigenvalue weighted by Crippen LogP contribution is 2.44. The number of hydrogen-bond donors (Lipinski definition) is 1. The van der Waals surface area contributed by atoms with E-state index in [1.54, 1.807) is 6.07 Å². The summed E-state index contributed by atoms with van der Waals surface area (Å²) in [6.45, 7) is 3.57. The number of phenolic OH excluding ortho intramolecular Hbond substituents is 1. The van der Waals surface area contributed by atoms with Gasteiger partial charge in [-0.15, -0.1) is 0 Å². The standard InChI is InChI=1S/C13H18O2/c1-2-15-10-13(7-4-8-13)11-5-3-6-12(14)9-11/h3,5-6,9,14H,2,4,7-8,10H2,1H3. The van der Waals surface area contributed by atoms with Crippen LogP contribution in [0.2, 0.25) is 0 Å². The lowest BCUT2D eigenvalue weighted by Crippen LogP contribution is -2.39. The van der Waals surface area contributed by atoms with E-state index in [0.29, 0.717) is 5.75 Å². The maximum absolute atomic E-state index is 9.48. The molecule has 15 heavy (non-hydrogen) atoms. The minimum Gasteiger partial charge on any atom is -0.508 e. The van der Waals surface area contributed by atoms with Crippen LogP contribution in [0.3, 0.4) is 0 Å². The van der Waals surface area contributed by atoms with Crippen molar-refractivity contribution in [1.29, 1.82) is 0 Å². The van der Waals surface area contributed by atoms with Crippen LogP contribution in [0.4, 0.5) is 0 Å². The van der Waals surface area contributed by atoms with E-state index in [9.17, 15) is 5.11 Å². The number of hydrogen-bond acceptors (Lipinski definition) is 2. The van der Waals surface area contributed by atoms with Crippen molar-refractivity contribution < 1.29 is 9.84 Å². The molecule has 0 aromatic heterocycles. The van der Waals surface area contributed by atoms with E-state index >= 15 is 0 Å². The maximum atomic E-state index is 9.48. The molecule has 2 heteroatoms. The van der Waals surface area contributed by atoms with Crippen LogP contribution in [0, 0.1) is 0 Å². The molecule has 1 N–H and O–H groups in total. The first-order valence-corrected chi connectivity index (χ1v) is 5.64. The van der Waals surface area contributed by atoms with Gasteiger partial charge in [0.2, 0.25) is 0 Å². The Balaban J connectivity index is 2.18. The minimum atomic E-state index is 0.175. The molecule has 1 aliphatic carbocycles. The van der Waals surface area contributed by atoms with Gasteiger partial charge >= 0.3 is 0 Å². The van der Waals surface area contributed by atoms with Crippen molar-refractivity contribution in [2.75, 3.05) is 13.2 Å². The summed E-state index contributed by atoms with van der Waals surface area (Å²) in [4.78, 5) is 0. The quantitative estimate of drug-likeness (QED) is 0.820. The van der Waals surface area contributed by atoms with Crippen molar-refractivity contribution in [2.45, 2.75) is 31.6 Å². The molecule has 1 aliphatic rings. The monoisotopic (exact) mass is 206 g/mol. The predicted molar refractivity (Wildman–Crippen MR) is 60.1 cm³/mol. The molecule has 0 amide bonds. The Labute approximate surface area is 90.9 Å². The van der Waals surface area contributed by atoms with Gasteiger partial charge in [0, 0.05) is 12.0 Å². The summed E-state index contributed by atoms with van der Waals surface area (Å²) in [7, 11) is 0. The summed E-state index contributed by atoms with van der Waals surface area (Å²) in [5.41, 5.74) is 1.40. The van der Waals surface area contributed by atoms with Crippen molar-refractivity contribution in [3.8, 4) is 5.75 Å². The average molecular weight is 206 g/mol. The second-order valence-electron chi connectivity index (χ2n) is 4.32. The highest BCUT2D eigenvalue weighted by molar-refractivity contribution is 5.34. The van der Waals surface area contributed by atoms with E-state index in [0.717, 1.165) is 13.2 Å². The lowest BCUT2D eigenvalue weighted by atomic mass is 9.65. The Kier molecular flexibility index (Phi) is 2.96. The number of phenols is 1. The van der Waals surface area contributed by atoms with E-state index in [-0.39, 0.29) is 5.41 Å². The molecule has 2 rings (SSSR count). The first-order valence-electron chi connectivity index (χ1n) is 5.64. The van der Waals surface area contributed by atoms with Gasteiger partial charge in [-0.05, 0) is 37.5 Å². The topological polar surface area (TPSA) is 29.5 Å². The molecule has 0 radical (unpaired) electrons. The van der Waals surface area contributed by atoms with Crippen LogP contribution in [-0.2, 0) is 10.2 Å². The van der Waals surface area contributed by atoms with Gasteiger partial charge in [-0.3, -0.25) is 0 Å². The normalized spacial score (nSPS) is 18.5. The Bertz CT molecular complexity index is 329. The summed E-state index contributed by atoms with van der Waals surface area (Å²) in [5.74, 6) is 0.357. The molecule has 0 bridgehead atoms.